The summed E-state index contributed by atoms with van der Waals surface area (Å²) in [6, 6.07) is 19.9. The zero-order valence-electron chi connectivity index (χ0n) is 14.2. The molecule has 0 heterocycles. The third-order valence-corrected chi connectivity index (χ3v) is 5.52. The molecule has 0 aliphatic rings. The fourth-order valence-corrected chi connectivity index (χ4v) is 3.83. The van der Waals surface area contributed by atoms with Gasteiger partial charge in [-0.15, -0.1) is 0 Å². The number of benzene rings is 2. The molecule has 0 aliphatic carbocycles. The number of hydrogen-bond acceptors (Lipinski definition) is 4. The van der Waals surface area contributed by atoms with E-state index in [-0.39, 0.29) is 21.1 Å². The van der Waals surface area contributed by atoms with Crippen molar-refractivity contribution >= 4 is 25.4 Å². The molecule has 0 aliphatic heterocycles. The first kappa shape index (κ1) is 19.1. The third-order valence-electron chi connectivity index (χ3n) is 3.12. The molecule has 1 atom stereocenters. The van der Waals surface area contributed by atoms with Crippen LogP contribution in [0.4, 0.5) is 0 Å². The van der Waals surface area contributed by atoms with Crippen molar-refractivity contribution in [3.05, 3.63) is 73.0 Å². The van der Waals surface area contributed by atoms with Crippen LogP contribution in [0.15, 0.2) is 73.0 Å². The Bertz CT molecular complexity index is 600. The number of carbonyl (C=O) groups is 1. The predicted molar refractivity (Wildman–Crippen MR) is 99.2 cm³/mol. The molecule has 5 heteroatoms. The van der Waals surface area contributed by atoms with Crippen molar-refractivity contribution < 1.29 is 19.0 Å². The molecule has 132 valence electrons. The number of esters is 1. The van der Waals surface area contributed by atoms with Crippen molar-refractivity contribution in [2.45, 2.75) is 18.3 Å². The molecule has 0 saturated heterocycles. The van der Waals surface area contributed by atoms with Crippen LogP contribution >= 0.6 is 0 Å². The molecule has 0 bridgehead atoms. The van der Waals surface area contributed by atoms with Crippen LogP contribution < -0.4 is 9.20 Å². The van der Waals surface area contributed by atoms with E-state index in [0.717, 1.165) is 11.1 Å². The molecule has 2 aromatic rings. The van der Waals surface area contributed by atoms with E-state index in [1.165, 1.54) is 16.8 Å². The zero-order chi connectivity index (χ0) is 17.7. The molecule has 0 saturated carbocycles. The van der Waals surface area contributed by atoms with Crippen LogP contribution in [0.1, 0.15) is 6.92 Å². The van der Waals surface area contributed by atoms with Crippen LogP contribution in [0, 0.1) is 0 Å². The average Bonchev–Trinajstić information content (AvgIpc) is 2.65. The topological polar surface area (TPSA) is 44.8 Å². The Labute approximate surface area is 155 Å². The fourth-order valence-electron chi connectivity index (χ4n) is 1.93. The van der Waals surface area contributed by atoms with Crippen LogP contribution in [0.2, 0.25) is 5.32 Å². The third kappa shape index (κ3) is 7.92. The summed E-state index contributed by atoms with van der Waals surface area (Å²) in [7, 11) is 0. The Balaban J connectivity index is 1.88. The van der Waals surface area contributed by atoms with Crippen LogP contribution in [0.25, 0.3) is 0 Å². The second kappa shape index (κ2) is 11.3. The van der Waals surface area contributed by atoms with E-state index in [4.69, 9.17) is 14.2 Å². The van der Waals surface area contributed by atoms with Crippen molar-refractivity contribution in [3.8, 4) is 5.75 Å². The van der Waals surface area contributed by atoms with E-state index in [1.807, 2.05) is 48.5 Å². The van der Waals surface area contributed by atoms with E-state index in [0.29, 0.717) is 13.2 Å². The molecule has 2 aromatic carbocycles. The maximum atomic E-state index is 11.4. The molecule has 2 rings (SSSR count). The van der Waals surface area contributed by atoms with Gasteiger partial charge in [0.25, 0.3) is 0 Å². The standard InChI is InChI=1S/C20H22O4Se/c1-2-22-20(21)13-14-23-18(15-24-17-9-5-3-6-10-17)16-25-19-11-7-4-8-12-19/h3-14,18H,2,15-16H2,1H3/b14-13+. The number of carbonyl (C=O) groups excluding carboxylic acids is 1. The number of ether oxygens (including phenoxy) is 3. The molecular weight excluding hydrogens is 383 g/mol. The molecule has 1 unspecified atom stereocenters. The van der Waals surface area contributed by atoms with Crippen LogP contribution in [0.3, 0.4) is 0 Å². The first-order valence-electron chi connectivity index (χ1n) is 8.12. The van der Waals surface area contributed by atoms with Crippen LogP contribution in [-0.2, 0) is 14.3 Å². The van der Waals surface area contributed by atoms with E-state index >= 15 is 0 Å². The zero-order valence-corrected chi connectivity index (χ0v) is 15.9. The molecule has 0 aromatic heterocycles. The molecule has 0 spiro atoms. The van der Waals surface area contributed by atoms with Gasteiger partial charge in [-0.3, -0.25) is 0 Å². The summed E-state index contributed by atoms with van der Waals surface area (Å²) < 4.78 is 17.7. The van der Waals surface area contributed by atoms with Gasteiger partial charge < -0.3 is 0 Å². The normalized spacial score (nSPS) is 11.9. The summed E-state index contributed by atoms with van der Waals surface area (Å²) in [6.45, 7) is 2.54. The molecule has 0 amide bonds. The SMILES string of the molecule is CCOC(=O)/C=C/OC(COc1ccccc1)C[Se]c1ccccc1. The van der Waals surface area contributed by atoms with Gasteiger partial charge in [0, 0.05) is 0 Å². The van der Waals surface area contributed by atoms with Gasteiger partial charge in [0.05, 0.1) is 0 Å². The van der Waals surface area contributed by atoms with Gasteiger partial charge in [0.1, 0.15) is 0 Å². The Kier molecular flexibility index (Phi) is 8.67. The number of para-hydroxylation sites is 1. The average molecular weight is 405 g/mol. The molecule has 25 heavy (non-hydrogen) atoms. The Morgan fingerprint density at radius 1 is 1.08 bits per heavy atom. The van der Waals surface area contributed by atoms with Gasteiger partial charge in [-0.2, -0.15) is 0 Å². The minimum atomic E-state index is -0.404. The van der Waals surface area contributed by atoms with Crippen molar-refractivity contribution in [2.75, 3.05) is 13.2 Å². The Morgan fingerprint density at radius 2 is 1.76 bits per heavy atom. The van der Waals surface area contributed by atoms with E-state index in [1.54, 1.807) is 6.92 Å². The summed E-state index contributed by atoms with van der Waals surface area (Å²) in [5.41, 5.74) is 0. The van der Waals surface area contributed by atoms with Gasteiger partial charge in [-0.1, -0.05) is 0 Å². The number of hydrogen-bond donors (Lipinski definition) is 0. The summed E-state index contributed by atoms with van der Waals surface area (Å²) in [6.07, 6.45) is 2.57. The summed E-state index contributed by atoms with van der Waals surface area (Å²) in [4.78, 5) is 11.4. The monoisotopic (exact) mass is 406 g/mol. The van der Waals surface area contributed by atoms with E-state index < -0.39 is 5.97 Å². The molecule has 4 nitrogen and oxygen atoms in total. The Hall–Kier alpha value is -2.23. The summed E-state index contributed by atoms with van der Waals surface area (Å²) in [5.74, 6) is 0.400. The van der Waals surface area contributed by atoms with Gasteiger partial charge in [0.2, 0.25) is 0 Å². The second-order valence-corrected chi connectivity index (χ2v) is 7.36. The van der Waals surface area contributed by atoms with Gasteiger partial charge in [-0.05, 0) is 0 Å². The van der Waals surface area contributed by atoms with Gasteiger partial charge >= 0.3 is 155 Å². The minimum absolute atomic E-state index is 0.133. The van der Waals surface area contributed by atoms with Gasteiger partial charge in [0.15, 0.2) is 0 Å². The van der Waals surface area contributed by atoms with Crippen LogP contribution in [-0.4, -0.2) is 40.2 Å². The first-order chi connectivity index (χ1) is 12.3. The van der Waals surface area contributed by atoms with Crippen molar-refractivity contribution in [1.82, 2.24) is 0 Å². The molecular formula is C20H22O4Se. The maximum absolute atomic E-state index is 11.4. The van der Waals surface area contributed by atoms with Crippen molar-refractivity contribution in [1.29, 1.82) is 0 Å². The van der Waals surface area contributed by atoms with E-state index in [2.05, 4.69) is 12.1 Å². The second-order valence-electron chi connectivity index (χ2n) is 5.06. The first-order valence-corrected chi connectivity index (χ1v) is 10.2. The number of rotatable bonds is 10. The van der Waals surface area contributed by atoms with Crippen LogP contribution in [0.5, 0.6) is 5.75 Å². The molecule has 0 fully saturated rings. The fraction of sp³-hybridized carbons (Fsp3) is 0.250. The van der Waals surface area contributed by atoms with E-state index in [9.17, 15) is 4.79 Å². The van der Waals surface area contributed by atoms with Gasteiger partial charge in [-0.25, -0.2) is 0 Å². The quantitative estimate of drug-likeness (QED) is 0.264. The molecule has 0 N–H and O–H groups in total. The van der Waals surface area contributed by atoms with Crippen molar-refractivity contribution in [3.63, 3.8) is 0 Å². The predicted octanol–water partition coefficient (Wildman–Crippen LogP) is 2.98. The van der Waals surface area contributed by atoms with Crippen molar-refractivity contribution in [2.24, 2.45) is 0 Å². The summed E-state index contributed by atoms with van der Waals surface area (Å²) in [5, 5.41) is 0.844. The molecule has 0 radical (unpaired) electrons. The summed E-state index contributed by atoms with van der Waals surface area (Å²) >= 11 is 0.268. The Morgan fingerprint density at radius 3 is 2.44 bits per heavy atom.